The Morgan fingerprint density at radius 3 is 2.85 bits per heavy atom. The molecule has 5 heteroatoms. The number of aromatic amines is 1. The molecule has 0 spiro atoms. The number of benzene rings is 1. The average Bonchev–Trinajstić information content (AvgIpc) is 3.33. The summed E-state index contributed by atoms with van der Waals surface area (Å²) in [4.78, 5) is 2.71. The number of para-hydroxylation sites is 1. The van der Waals surface area contributed by atoms with Gasteiger partial charge in [-0.15, -0.1) is 0 Å². The van der Waals surface area contributed by atoms with Gasteiger partial charge in [0.2, 0.25) is 0 Å². The minimum atomic E-state index is 0.575. The molecule has 0 bridgehead atoms. The van der Waals surface area contributed by atoms with Gasteiger partial charge in [-0.2, -0.15) is 5.10 Å². The first-order valence-electron chi connectivity index (χ1n) is 9.95. The number of halogens is 1. The van der Waals surface area contributed by atoms with Gasteiger partial charge >= 0.3 is 0 Å². The lowest BCUT2D eigenvalue weighted by molar-refractivity contribution is 0.189. The van der Waals surface area contributed by atoms with Gasteiger partial charge in [-0.3, -0.25) is 10.00 Å². The van der Waals surface area contributed by atoms with Gasteiger partial charge in [0.1, 0.15) is 5.75 Å². The molecule has 2 fully saturated rings. The van der Waals surface area contributed by atoms with E-state index in [1.807, 2.05) is 24.3 Å². The summed E-state index contributed by atoms with van der Waals surface area (Å²) in [5.41, 5.74) is 2.36. The van der Waals surface area contributed by atoms with Gasteiger partial charge < -0.3 is 4.74 Å². The Morgan fingerprint density at radius 2 is 2.00 bits per heavy atom. The summed E-state index contributed by atoms with van der Waals surface area (Å²) in [5.74, 6) is 1.32. The Kier molecular flexibility index (Phi) is 5.81. The van der Waals surface area contributed by atoms with Crippen LogP contribution in [-0.4, -0.2) is 40.8 Å². The summed E-state index contributed by atoms with van der Waals surface area (Å²) < 4.78 is 5.78. The number of H-pyrrole nitrogens is 1. The maximum Gasteiger partial charge on any atom is 0.137 e. The van der Waals surface area contributed by atoms with E-state index in [0.29, 0.717) is 17.5 Å². The Labute approximate surface area is 160 Å². The van der Waals surface area contributed by atoms with E-state index in [1.54, 1.807) is 0 Å². The zero-order chi connectivity index (χ0) is 17.8. The minimum absolute atomic E-state index is 0.575. The third-order valence-electron chi connectivity index (χ3n) is 5.85. The van der Waals surface area contributed by atoms with E-state index in [-0.39, 0.29) is 0 Å². The van der Waals surface area contributed by atoms with E-state index < -0.39 is 0 Å². The molecule has 0 unspecified atom stereocenters. The summed E-state index contributed by atoms with van der Waals surface area (Å²) in [6.07, 6.45) is 9.06. The van der Waals surface area contributed by atoms with Gasteiger partial charge in [0, 0.05) is 30.6 Å². The van der Waals surface area contributed by atoms with E-state index in [1.165, 1.54) is 57.3 Å². The van der Waals surface area contributed by atoms with Crippen molar-refractivity contribution in [2.45, 2.75) is 56.9 Å². The normalized spacial score (nSPS) is 22.0. The lowest BCUT2D eigenvalue weighted by Gasteiger charge is -2.30. The number of nitrogens with zero attached hydrogens (tertiary/aromatic N) is 2. The first-order chi connectivity index (χ1) is 12.8. The molecule has 0 radical (unpaired) electrons. The standard InChI is InChI=1S/C21H28ClN3O/c22-19-8-4-5-9-21(19)26-13-11-17-14-20(24-23-17)16-10-12-25(15-16)18-6-2-1-3-7-18/h4-5,8-9,14,16,18H,1-3,6-7,10-13,15H2,(H,23,24)/t16-/m0/s1. The molecular weight excluding hydrogens is 346 g/mol. The highest BCUT2D eigenvalue weighted by atomic mass is 35.5. The van der Waals surface area contributed by atoms with Crippen molar-refractivity contribution in [2.24, 2.45) is 0 Å². The Hall–Kier alpha value is -1.52. The fourth-order valence-corrected chi connectivity index (χ4v) is 4.55. The van der Waals surface area contributed by atoms with Crippen molar-refractivity contribution < 1.29 is 4.74 Å². The van der Waals surface area contributed by atoms with Crippen LogP contribution in [0.4, 0.5) is 0 Å². The van der Waals surface area contributed by atoms with Crippen LogP contribution in [0.5, 0.6) is 5.75 Å². The maximum atomic E-state index is 6.12. The number of likely N-dealkylation sites (tertiary alicyclic amines) is 1. The number of hydrogen-bond acceptors (Lipinski definition) is 3. The van der Waals surface area contributed by atoms with Crippen molar-refractivity contribution in [1.29, 1.82) is 0 Å². The highest BCUT2D eigenvalue weighted by molar-refractivity contribution is 6.32. The van der Waals surface area contributed by atoms with Crippen molar-refractivity contribution in [3.63, 3.8) is 0 Å². The molecule has 2 heterocycles. The van der Waals surface area contributed by atoms with E-state index >= 15 is 0 Å². The summed E-state index contributed by atoms with van der Waals surface area (Å²) >= 11 is 6.12. The van der Waals surface area contributed by atoms with Crippen LogP contribution in [0.15, 0.2) is 30.3 Å². The zero-order valence-corrected chi connectivity index (χ0v) is 16.0. The molecular formula is C21H28ClN3O. The number of nitrogens with one attached hydrogen (secondary N) is 1. The topological polar surface area (TPSA) is 41.1 Å². The van der Waals surface area contributed by atoms with Crippen LogP contribution in [0.3, 0.4) is 0 Å². The SMILES string of the molecule is Clc1ccccc1OCCc1cc([C@H]2CCN(C3CCCCC3)C2)n[nH]1. The molecule has 1 atom stereocenters. The van der Waals surface area contributed by atoms with Crippen LogP contribution in [0.25, 0.3) is 0 Å². The number of ether oxygens (including phenoxy) is 1. The highest BCUT2D eigenvalue weighted by Gasteiger charge is 2.30. The second-order valence-corrected chi connectivity index (χ2v) is 8.03. The smallest absolute Gasteiger partial charge is 0.137 e. The van der Waals surface area contributed by atoms with Gasteiger partial charge in [0.25, 0.3) is 0 Å². The lowest BCUT2D eigenvalue weighted by Crippen LogP contribution is -2.34. The van der Waals surface area contributed by atoms with Crippen molar-refractivity contribution in [3.8, 4) is 5.75 Å². The third kappa shape index (κ3) is 4.24. The van der Waals surface area contributed by atoms with Crippen LogP contribution in [0.2, 0.25) is 5.02 Å². The molecule has 2 aliphatic rings. The second kappa shape index (κ2) is 8.45. The van der Waals surface area contributed by atoms with E-state index in [0.717, 1.165) is 23.9 Å². The van der Waals surface area contributed by atoms with Gasteiger partial charge in [0.05, 0.1) is 17.3 Å². The molecule has 2 aromatic rings. The Balaban J connectivity index is 1.27. The van der Waals surface area contributed by atoms with Crippen molar-refractivity contribution in [3.05, 3.63) is 46.7 Å². The van der Waals surface area contributed by atoms with E-state index in [4.69, 9.17) is 16.3 Å². The fraction of sp³-hybridized carbons (Fsp3) is 0.571. The number of aromatic nitrogens is 2. The summed E-state index contributed by atoms with van der Waals surface area (Å²) in [7, 11) is 0. The predicted octanol–water partition coefficient (Wildman–Crippen LogP) is 4.81. The summed E-state index contributed by atoms with van der Waals surface area (Å²) in [6, 6.07) is 10.6. The molecule has 1 aromatic heterocycles. The Bertz CT molecular complexity index is 711. The first kappa shape index (κ1) is 17.9. The average molecular weight is 374 g/mol. The van der Waals surface area contributed by atoms with Crippen LogP contribution < -0.4 is 4.74 Å². The van der Waals surface area contributed by atoms with Crippen LogP contribution >= 0.6 is 11.6 Å². The second-order valence-electron chi connectivity index (χ2n) is 7.62. The van der Waals surface area contributed by atoms with E-state index in [2.05, 4.69) is 21.2 Å². The molecule has 0 amide bonds. The molecule has 1 N–H and O–H groups in total. The maximum absolute atomic E-state index is 6.12. The Morgan fingerprint density at radius 1 is 1.15 bits per heavy atom. The molecule has 140 valence electrons. The minimum Gasteiger partial charge on any atom is -0.492 e. The van der Waals surface area contributed by atoms with Gasteiger partial charge in [0.15, 0.2) is 0 Å². The van der Waals surface area contributed by atoms with E-state index in [9.17, 15) is 0 Å². The van der Waals surface area contributed by atoms with Gasteiger partial charge in [-0.05, 0) is 44.0 Å². The molecule has 1 aliphatic heterocycles. The monoisotopic (exact) mass is 373 g/mol. The summed E-state index contributed by atoms with van der Waals surface area (Å²) in [5, 5.41) is 8.44. The molecule has 1 aliphatic carbocycles. The van der Waals surface area contributed by atoms with Crippen LogP contribution in [0.1, 0.15) is 55.8 Å². The van der Waals surface area contributed by atoms with Gasteiger partial charge in [-0.1, -0.05) is 43.0 Å². The number of rotatable bonds is 6. The highest BCUT2D eigenvalue weighted by Crippen LogP contribution is 2.32. The van der Waals surface area contributed by atoms with Gasteiger partial charge in [-0.25, -0.2) is 0 Å². The van der Waals surface area contributed by atoms with Crippen LogP contribution in [-0.2, 0) is 6.42 Å². The predicted molar refractivity (Wildman–Crippen MR) is 105 cm³/mol. The van der Waals surface area contributed by atoms with Crippen molar-refractivity contribution >= 4 is 11.6 Å². The zero-order valence-electron chi connectivity index (χ0n) is 15.3. The fourth-order valence-electron chi connectivity index (χ4n) is 4.36. The number of hydrogen-bond donors (Lipinski definition) is 1. The third-order valence-corrected chi connectivity index (χ3v) is 6.16. The molecule has 1 saturated heterocycles. The van der Waals surface area contributed by atoms with Crippen molar-refractivity contribution in [1.82, 2.24) is 15.1 Å². The molecule has 4 rings (SSSR count). The molecule has 1 aromatic carbocycles. The molecule has 1 saturated carbocycles. The van der Waals surface area contributed by atoms with Crippen molar-refractivity contribution in [2.75, 3.05) is 19.7 Å². The quantitative estimate of drug-likeness (QED) is 0.790. The largest absolute Gasteiger partial charge is 0.492 e. The molecule has 26 heavy (non-hydrogen) atoms. The first-order valence-corrected chi connectivity index (χ1v) is 10.3. The lowest BCUT2D eigenvalue weighted by atomic mass is 9.94. The van der Waals surface area contributed by atoms with Crippen LogP contribution in [0, 0.1) is 0 Å². The summed E-state index contributed by atoms with van der Waals surface area (Å²) in [6.45, 7) is 3.00. The molecule has 4 nitrogen and oxygen atoms in total.